The Labute approximate surface area is 113 Å². The van der Waals surface area contributed by atoms with E-state index in [1.807, 2.05) is 0 Å². The average molecular weight is 276 g/mol. The van der Waals surface area contributed by atoms with E-state index >= 15 is 0 Å². The molecule has 0 aliphatic rings. The maximum atomic E-state index is 13.5. The summed E-state index contributed by atoms with van der Waals surface area (Å²) < 4.78 is 29.0. The number of aryl methyl sites for hydroxylation is 1. The molecule has 0 atom stereocenters. The highest BCUT2D eigenvalue weighted by Crippen LogP contribution is 2.22. The molecule has 0 unspecified atom stereocenters. The highest BCUT2D eigenvalue weighted by Gasteiger charge is 2.09. The molecule has 1 aromatic heterocycles. The Bertz CT molecular complexity index is 833. The molecule has 3 rings (SSSR count). The molecule has 0 radical (unpaired) electrons. The van der Waals surface area contributed by atoms with Crippen LogP contribution in [-0.4, -0.2) is 9.55 Å². The minimum atomic E-state index is -0.340. The van der Waals surface area contributed by atoms with E-state index in [0.717, 1.165) is 5.52 Å². The molecule has 0 saturated carbocycles. The number of H-pyrrole nitrogens is 1. The van der Waals surface area contributed by atoms with Crippen LogP contribution >= 0.6 is 12.2 Å². The largest absolute Gasteiger partial charge is 0.330 e. The Morgan fingerprint density at radius 3 is 2.68 bits per heavy atom. The Hall–Kier alpha value is -2.01. The molecule has 3 aromatic rings. The summed E-state index contributed by atoms with van der Waals surface area (Å²) in [5, 5.41) is 0. The van der Waals surface area contributed by atoms with E-state index in [1.54, 1.807) is 29.7 Å². The van der Waals surface area contributed by atoms with Crippen LogP contribution in [0.5, 0.6) is 0 Å². The summed E-state index contributed by atoms with van der Waals surface area (Å²) in [7, 11) is 0. The first-order chi connectivity index (χ1) is 9.06. The Kier molecular flexibility index (Phi) is 2.71. The van der Waals surface area contributed by atoms with Gasteiger partial charge in [0.25, 0.3) is 0 Å². The first-order valence-electron chi connectivity index (χ1n) is 5.73. The zero-order chi connectivity index (χ0) is 13.6. The lowest BCUT2D eigenvalue weighted by Crippen LogP contribution is -1.95. The van der Waals surface area contributed by atoms with Crippen LogP contribution in [0.15, 0.2) is 36.4 Å². The lowest BCUT2D eigenvalue weighted by atomic mass is 10.2. The second-order valence-corrected chi connectivity index (χ2v) is 4.75. The fraction of sp³-hybridized carbons (Fsp3) is 0.0714. The maximum Gasteiger partial charge on any atom is 0.182 e. The predicted octanol–water partition coefficient (Wildman–Crippen LogP) is 4.27. The van der Waals surface area contributed by atoms with E-state index in [4.69, 9.17) is 12.2 Å². The molecule has 0 aliphatic carbocycles. The molecule has 0 fully saturated rings. The van der Waals surface area contributed by atoms with Crippen LogP contribution in [0.25, 0.3) is 16.7 Å². The van der Waals surface area contributed by atoms with Crippen molar-refractivity contribution in [3.05, 3.63) is 58.4 Å². The summed E-state index contributed by atoms with van der Waals surface area (Å²) >= 11 is 5.23. The van der Waals surface area contributed by atoms with Gasteiger partial charge in [0.1, 0.15) is 11.6 Å². The van der Waals surface area contributed by atoms with Crippen LogP contribution in [0.4, 0.5) is 8.78 Å². The average Bonchev–Trinajstić information content (AvgIpc) is 2.65. The van der Waals surface area contributed by atoms with Gasteiger partial charge < -0.3 is 4.98 Å². The number of imidazole rings is 1. The molecule has 0 amide bonds. The van der Waals surface area contributed by atoms with Gasteiger partial charge in [0.2, 0.25) is 0 Å². The van der Waals surface area contributed by atoms with Crippen LogP contribution in [0, 0.1) is 23.3 Å². The molecule has 2 aromatic carbocycles. The van der Waals surface area contributed by atoms with Gasteiger partial charge >= 0.3 is 0 Å². The van der Waals surface area contributed by atoms with Crippen LogP contribution in [0.2, 0.25) is 0 Å². The van der Waals surface area contributed by atoms with Crippen molar-refractivity contribution in [3.63, 3.8) is 0 Å². The number of aromatic amines is 1. The van der Waals surface area contributed by atoms with Crippen molar-refractivity contribution in [1.29, 1.82) is 0 Å². The van der Waals surface area contributed by atoms with Crippen LogP contribution in [0.3, 0.4) is 0 Å². The molecule has 1 N–H and O–H groups in total. The summed E-state index contributed by atoms with van der Waals surface area (Å²) in [5.74, 6) is -0.636. The van der Waals surface area contributed by atoms with Gasteiger partial charge in [0.15, 0.2) is 4.77 Å². The molecule has 2 nitrogen and oxygen atoms in total. The van der Waals surface area contributed by atoms with Gasteiger partial charge in [-0.05, 0) is 55.0 Å². The molecular weight excluding hydrogens is 266 g/mol. The van der Waals surface area contributed by atoms with Crippen molar-refractivity contribution >= 4 is 23.3 Å². The molecular formula is C14H10F2N2S. The summed E-state index contributed by atoms with van der Waals surface area (Å²) in [6.07, 6.45) is 0. The quantitative estimate of drug-likeness (QED) is 0.658. The topological polar surface area (TPSA) is 20.7 Å². The van der Waals surface area contributed by atoms with Crippen molar-refractivity contribution in [3.8, 4) is 5.69 Å². The molecule has 0 spiro atoms. The lowest BCUT2D eigenvalue weighted by molar-refractivity contribution is 0.620. The molecule has 0 saturated heterocycles. The molecule has 5 heteroatoms. The number of aromatic nitrogens is 2. The molecule has 96 valence electrons. The van der Waals surface area contributed by atoms with Crippen molar-refractivity contribution in [1.82, 2.24) is 9.55 Å². The van der Waals surface area contributed by atoms with E-state index in [0.29, 0.717) is 21.5 Å². The molecule has 19 heavy (non-hydrogen) atoms. The second kappa shape index (κ2) is 4.28. The fourth-order valence-corrected chi connectivity index (χ4v) is 2.42. The third kappa shape index (κ3) is 1.96. The normalized spacial score (nSPS) is 11.1. The van der Waals surface area contributed by atoms with Gasteiger partial charge in [-0.3, -0.25) is 4.57 Å². The number of halogens is 2. The third-order valence-electron chi connectivity index (χ3n) is 3.03. The number of fused-ring (bicyclic) bond motifs is 1. The Balaban J connectivity index is 2.38. The van der Waals surface area contributed by atoms with Gasteiger partial charge in [-0.1, -0.05) is 6.07 Å². The van der Waals surface area contributed by atoms with Crippen molar-refractivity contribution in [2.45, 2.75) is 6.92 Å². The number of benzene rings is 2. The van der Waals surface area contributed by atoms with Gasteiger partial charge in [0, 0.05) is 0 Å². The minimum Gasteiger partial charge on any atom is -0.330 e. The highest BCUT2D eigenvalue weighted by molar-refractivity contribution is 7.71. The predicted molar refractivity (Wildman–Crippen MR) is 73.1 cm³/mol. The first kappa shape index (κ1) is 12.0. The number of nitrogens with one attached hydrogen (secondary N) is 1. The minimum absolute atomic E-state index is 0.296. The summed E-state index contributed by atoms with van der Waals surface area (Å²) in [4.78, 5) is 2.93. The summed E-state index contributed by atoms with van der Waals surface area (Å²) in [6, 6.07) is 9.22. The summed E-state index contributed by atoms with van der Waals surface area (Å²) in [6.45, 7) is 1.68. The van der Waals surface area contributed by atoms with Crippen LogP contribution in [0.1, 0.15) is 5.56 Å². The standard InChI is InChI=1S/C14H10F2N2S/c1-8-5-13-12(7-11(8)16)17-14(19)18(13)10-4-2-3-9(15)6-10/h2-7H,1H3,(H,17,19). The van der Waals surface area contributed by atoms with Crippen LogP contribution in [-0.2, 0) is 0 Å². The van der Waals surface area contributed by atoms with Crippen molar-refractivity contribution in [2.24, 2.45) is 0 Å². The number of hydrogen-bond donors (Lipinski definition) is 1. The van der Waals surface area contributed by atoms with E-state index in [1.165, 1.54) is 18.2 Å². The SMILES string of the molecule is Cc1cc2c(cc1F)[nH]c(=S)n2-c1cccc(F)c1. The Morgan fingerprint density at radius 2 is 1.95 bits per heavy atom. The van der Waals surface area contributed by atoms with E-state index < -0.39 is 0 Å². The smallest absolute Gasteiger partial charge is 0.182 e. The zero-order valence-electron chi connectivity index (χ0n) is 10.1. The maximum absolute atomic E-state index is 13.5. The van der Waals surface area contributed by atoms with Gasteiger partial charge in [-0.25, -0.2) is 8.78 Å². The van der Waals surface area contributed by atoms with Gasteiger partial charge in [-0.2, -0.15) is 0 Å². The fourth-order valence-electron chi connectivity index (χ4n) is 2.10. The zero-order valence-corrected chi connectivity index (χ0v) is 10.9. The molecule has 1 heterocycles. The van der Waals surface area contributed by atoms with Gasteiger partial charge in [0.05, 0.1) is 16.7 Å². The summed E-state index contributed by atoms with van der Waals surface area (Å²) in [5.41, 5.74) is 2.46. The Morgan fingerprint density at radius 1 is 1.16 bits per heavy atom. The van der Waals surface area contributed by atoms with Crippen molar-refractivity contribution in [2.75, 3.05) is 0 Å². The third-order valence-corrected chi connectivity index (χ3v) is 3.31. The van der Waals surface area contributed by atoms with Gasteiger partial charge in [-0.15, -0.1) is 0 Å². The lowest BCUT2D eigenvalue weighted by Gasteiger charge is -2.05. The van der Waals surface area contributed by atoms with Crippen molar-refractivity contribution < 1.29 is 8.78 Å². The number of hydrogen-bond acceptors (Lipinski definition) is 1. The van der Waals surface area contributed by atoms with Crippen LogP contribution < -0.4 is 0 Å². The highest BCUT2D eigenvalue weighted by atomic mass is 32.1. The number of nitrogens with zero attached hydrogens (tertiary/aromatic N) is 1. The monoisotopic (exact) mass is 276 g/mol. The molecule has 0 aliphatic heterocycles. The molecule has 0 bridgehead atoms. The van der Waals surface area contributed by atoms with E-state index in [9.17, 15) is 8.78 Å². The number of rotatable bonds is 1. The van der Waals surface area contributed by atoms with E-state index in [-0.39, 0.29) is 11.6 Å². The second-order valence-electron chi connectivity index (χ2n) is 4.36. The first-order valence-corrected chi connectivity index (χ1v) is 6.14. The van der Waals surface area contributed by atoms with E-state index in [2.05, 4.69) is 4.98 Å².